The largest absolute Gasteiger partial charge is 0.271 e. The highest BCUT2D eigenvalue weighted by molar-refractivity contribution is 4.88. The maximum Gasteiger partial charge on any atom is 0.0287 e. The van der Waals surface area contributed by atoms with Crippen molar-refractivity contribution in [3.05, 3.63) is 0 Å². The number of nitrogens with one attached hydrogen (secondary N) is 1. The maximum absolute atomic E-state index is 5.75. The van der Waals surface area contributed by atoms with Crippen LogP contribution in [-0.4, -0.2) is 6.04 Å². The molecular weight excluding hydrogens is 208 g/mol. The van der Waals surface area contributed by atoms with Crippen LogP contribution in [0, 0.1) is 17.3 Å². The number of hydrazine groups is 1. The normalized spacial score (nSPS) is 28.1. The standard InChI is InChI=1S/C15H32N2/c1-5-6-7-12-8-10-13(11-9-12)14(17-16)15(2,3)4/h12-14,17H,5-11,16H2,1-4H3. The lowest BCUT2D eigenvalue weighted by molar-refractivity contribution is 0.136. The average Bonchev–Trinajstić information content (AvgIpc) is 2.27. The third-order valence-electron chi connectivity index (χ3n) is 4.44. The van der Waals surface area contributed by atoms with Crippen molar-refractivity contribution in [3.8, 4) is 0 Å². The van der Waals surface area contributed by atoms with E-state index < -0.39 is 0 Å². The Labute approximate surface area is 108 Å². The zero-order valence-corrected chi connectivity index (χ0v) is 12.3. The average molecular weight is 240 g/mol. The molecule has 0 aromatic rings. The van der Waals surface area contributed by atoms with Crippen molar-refractivity contribution in [2.75, 3.05) is 0 Å². The maximum atomic E-state index is 5.75. The summed E-state index contributed by atoms with van der Waals surface area (Å²) in [6, 6.07) is 0.467. The Hall–Kier alpha value is -0.0800. The fourth-order valence-corrected chi connectivity index (χ4v) is 3.40. The molecule has 17 heavy (non-hydrogen) atoms. The van der Waals surface area contributed by atoms with Gasteiger partial charge in [-0.25, -0.2) is 0 Å². The predicted molar refractivity (Wildman–Crippen MR) is 75.5 cm³/mol. The van der Waals surface area contributed by atoms with Crippen LogP contribution in [0.3, 0.4) is 0 Å². The third kappa shape index (κ3) is 4.59. The summed E-state index contributed by atoms with van der Waals surface area (Å²) >= 11 is 0. The van der Waals surface area contributed by atoms with E-state index in [1.54, 1.807) is 0 Å². The van der Waals surface area contributed by atoms with Crippen LogP contribution in [0.15, 0.2) is 0 Å². The van der Waals surface area contributed by atoms with Gasteiger partial charge in [-0.15, -0.1) is 0 Å². The van der Waals surface area contributed by atoms with Gasteiger partial charge in [-0.3, -0.25) is 11.3 Å². The van der Waals surface area contributed by atoms with Crippen LogP contribution in [-0.2, 0) is 0 Å². The van der Waals surface area contributed by atoms with Crippen LogP contribution in [0.2, 0.25) is 0 Å². The van der Waals surface area contributed by atoms with Crippen LogP contribution in [0.4, 0.5) is 0 Å². The molecular formula is C15H32N2. The number of rotatable bonds is 5. The van der Waals surface area contributed by atoms with Gasteiger partial charge in [0, 0.05) is 6.04 Å². The molecule has 0 radical (unpaired) electrons. The first kappa shape index (κ1) is 15.0. The van der Waals surface area contributed by atoms with E-state index in [-0.39, 0.29) is 5.41 Å². The summed E-state index contributed by atoms with van der Waals surface area (Å²) in [7, 11) is 0. The van der Waals surface area contributed by atoms with Crippen LogP contribution in [0.25, 0.3) is 0 Å². The van der Waals surface area contributed by atoms with E-state index in [1.165, 1.54) is 44.9 Å². The molecule has 3 N–H and O–H groups in total. The molecule has 102 valence electrons. The predicted octanol–water partition coefficient (Wildman–Crippen LogP) is 3.86. The van der Waals surface area contributed by atoms with Gasteiger partial charge in [-0.2, -0.15) is 0 Å². The Morgan fingerprint density at radius 1 is 1.18 bits per heavy atom. The van der Waals surface area contributed by atoms with E-state index in [0.717, 1.165) is 11.8 Å². The highest BCUT2D eigenvalue weighted by Crippen LogP contribution is 2.37. The molecule has 1 unspecified atom stereocenters. The highest BCUT2D eigenvalue weighted by atomic mass is 15.2. The molecule has 1 aliphatic rings. The van der Waals surface area contributed by atoms with Crippen molar-refractivity contribution in [1.29, 1.82) is 0 Å². The molecule has 1 saturated carbocycles. The Bertz CT molecular complexity index is 199. The molecule has 0 amide bonds. The molecule has 0 aromatic carbocycles. The second kappa shape index (κ2) is 6.75. The molecule has 0 aliphatic heterocycles. The van der Waals surface area contributed by atoms with E-state index >= 15 is 0 Å². The Morgan fingerprint density at radius 2 is 1.76 bits per heavy atom. The van der Waals surface area contributed by atoms with Gasteiger partial charge in [0.15, 0.2) is 0 Å². The summed E-state index contributed by atoms with van der Waals surface area (Å²) in [5.74, 6) is 7.52. The van der Waals surface area contributed by atoms with Gasteiger partial charge in [0.2, 0.25) is 0 Å². The first-order chi connectivity index (χ1) is 7.99. The van der Waals surface area contributed by atoms with Crippen molar-refractivity contribution in [2.45, 2.75) is 78.7 Å². The van der Waals surface area contributed by atoms with E-state index in [2.05, 4.69) is 33.1 Å². The lowest BCUT2D eigenvalue weighted by atomic mass is 9.70. The zero-order chi connectivity index (χ0) is 12.9. The highest BCUT2D eigenvalue weighted by Gasteiger charge is 2.33. The zero-order valence-electron chi connectivity index (χ0n) is 12.3. The minimum Gasteiger partial charge on any atom is -0.271 e. The molecule has 0 spiro atoms. The van der Waals surface area contributed by atoms with E-state index in [1.807, 2.05) is 0 Å². The first-order valence-electron chi connectivity index (χ1n) is 7.45. The number of hydrogen-bond donors (Lipinski definition) is 2. The van der Waals surface area contributed by atoms with E-state index in [4.69, 9.17) is 5.84 Å². The Kier molecular flexibility index (Phi) is 5.94. The minimum atomic E-state index is 0.273. The van der Waals surface area contributed by atoms with Gasteiger partial charge >= 0.3 is 0 Å². The van der Waals surface area contributed by atoms with Crippen LogP contribution >= 0.6 is 0 Å². The van der Waals surface area contributed by atoms with Gasteiger partial charge in [0.25, 0.3) is 0 Å². The molecule has 1 fully saturated rings. The monoisotopic (exact) mass is 240 g/mol. The molecule has 1 rings (SSSR count). The fraction of sp³-hybridized carbons (Fsp3) is 1.00. The van der Waals surface area contributed by atoms with Crippen molar-refractivity contribution in [3.63, 3.8) is 0 Å². The van der Waals surface area contributed by atoms with Crippen LogP contribution < -0.4 is 11.3 Å². The molecule has 0 saturated heterocycles. The van der Waals surface area contributed by atoms with Crippen molar-refractivity contribution >= 4 is 0 Å². The molecule has 2 nitrogen and oxygen atoms in total. The lowest BCUT2D eigenvalue weighted by Crippen LogP contribution is -2.50. The summed E-state index contributed by atoms with van der Waals surface area (Å²) in [6.45, 7) is 9.17. The Morgan fingerprint density at radius 3 is 2.18 bits per heavy atom. The van der Waals surface area contributed by atoms with Crippen LogP contribution in [0.1, 0.15) is 72.6 Å². The van der Waals surface area contributed by atoms with Gasteiger partial charge in [0.1, 0.15) is 0 Å². The minimum absolute atomic E-state index is 0.273. The second-order valence-corrected chi connectivity index (χ2v) is 6.93. The lowest BCUT2D eigenvalue weighted by Gasteiger charge is -2.40. The molecule has 0 bridgehead atoms. The molecule has 2 heteroatoms. The topological polar surface area (TPSA) is 38.0 Å². The Balaban J connectivity index is 2.40. The molecule has 0 heterocycles. The SMILES string of the molecule is CCCCC1CCC(C(NN)C(C)(C)C)CC1. The quantitative estimate of drug-likeness (QED) is 0.565. The summed E-state index contributed by atoms with van der Waals surface area (Å²) in [6.07, 6.45) is 9.75. The first-order valence-corrected chi connectivity index (χ1v) is 7.45. The number of nitrogens with two attached hydrogens (primary N) is 1. The third-order valence-corrected chi connectivity index (χ3v) is 4.44. The van der Waals surface area contributed by atoms with E-state index in [9.17, 15) is 0 Å². The summed E-state index contributed by atoms with van der Waals surface area (Å²) in [5, 5.41) is 0. The second-order valence-electron chi connectivity index (χ2n) is 6.93. The van der Waals surface area contributed by atoms with Crippen molar-refractivity contribution in [1.82, 2.24) is 5.43 Å². The van der Waals surface area contributed by atoms with Crippen molar-refractivity contribution in [2.24, 2.45) is 23.1 Å². The summed E-state index contributed by atoms with van der Waals surface area (Å²) in [4.78, 5) is 0. The van der Waals surface area contributed by atoms with Gasteiger partial charge in [-0.1, -0.05) is 59.8 Å². The van der Waals surface area contributed by atoms with Gasteiger partial charge < -0.3 is 0 Å². The smallest absolute Gasteiger partial charge is 0.0287 e. The number of unbranched alkanes of at least 4 members (excludes halogenated alkanes) is 1. The van der Waals surface area contributed by atoms with Crippen LogP contribution in [0.5, 0.6) is 0 Å². The summed E-state index contributed by atoms with van der Waals surface area (Å²) < 4.78 is 0. The molecule has 0 aromatic heterocycles. The van der Waals surface area contributed by atoms with Gasteiger partial charge in [0.05, 0.1) is 0 Å². The fourth-order valence-electron chi connectivity index (χ4n) is 3.40. The van der Waals surface area contributed by atoms with Gasteiger partial charge in [-0.05, 0) is 30.1 Å². The van der Waals surface area contributed by atoms with Crippen molar-refractivity contribution < 1.29 is 0 Å². The van der Waals surface area contributed by atoms with E-state index in [0.29, 0.717) is 6.04 Å². The number of hydrogen-bond acceptors (Lipinski definition) is 2. The summed E-state index contributed by atoms with van der Waals surface area (Å²) in [5.41, 5.74) is 3.34. The molecule has 1 aliphatic carbocycles. The molecule has 1 atom stereocenters.